The average molecular weight is 628 g/mol. The Kier molecular flexibility index (Phi) is 5.95. The van der Waals surface area contributed by atoms with Crippen LogP contribution in [0.4, 0.5) is 17.1 Å². The molecule has 1 aliphatic carbocycles. The quantitative estimate of drug-likeness (QED) is 0.193. The zero-order chi connectivity index (χ0) is 32.7. The molecule has 1 heterocycles. The molecule has 1 aromatic heterocycles. The third kappa shape index (κ3) is 4.14. The van der Waals surface area contributed by atoms with Crippen LogP contribution >= 0.6 is 0 Å². The third-order valence-electron chi connectivity index (χ3n) is 10.6. The number of hydrogen-bond acceptors (Lipinski definition) is 2. The summed E-state index contributed by atoms with van der Waals surface area (Å²) in [5.41, 5.74) is 12.5. The molecule has 1 aliphatic rings. The molecule has 10 rings (SSSR count). The number of anilines is 3. The first-order valence-corrected chi connectivity index (χ1v) is 17.0. The molecule has 0 spiro atoms. The van der Waals surface area contributed by atoms with Crippen molar-refractivity contribution < 1.29 is 4.42 Å². The zero-order valence-electron chi connectivity index (χ0n) is 27.4. The van der Waals surface area contributed by atoms with E-state index >= 15 is 0 Å². The van der Waals surface area contributed by atoms with E-state index in [0.29, 0.717) is 0 Å². The molecule has 2 heteroatoms. The summed E-state index contributed by atoms with van der Waals surface area (Å²) in [7, 11) is 0. The molecule has 0 aliphatic heterocycles. The Hall–Kier alpha value is -6.12. The fraction of sp³-hybridized carbons (Fsp3) is 0.0638. The maximum Gasteiger partial charge on any atom is 0.160 e. The Morgan fingerprint density at radius 2 is 1.18 bits per heavy atom. The Morgan fingerprint density at radius 3 is 2.08 bits per heavy atom. The van der Waals surface area contributed by atoms with Crippen LogP contribution in [0, 0.1) is 0 Å². The van der Waals surface area contributed by atoms with Gasteiger partial charge < -0.3 is 9.32 Å². The van der Waals surface area contributed by atoms with Crippen LogP contribution in [0.3, 0.4) is 0 Å². The SMILES string of the molecule is CC1(C)c2ccccc2-c2c(N(c3cccc(-c4ccc5ccccc5c4)c3)c3cc4ccccc4c4c3oc3ccccc34)cccc21. The minimum absolute atomic E-state index is 0.126. The van der Waals surface area contributed by atoms with Gasteiger partial charge in [0.05, 0.1) is 11.4 Å². The molecular formula is C47H33NO. The maximum absolute atomic E-state index is 6.87. The van der Waals surface area contributed by atoms with E-state index in [1.54, 1.807) is 0 Å². The van der Waals surface area contributed by atoms with Gasteiger partial charge in [0.25, 0.3) is 0 Å². The van der Waals surface area contributed by atoms with Gasteiger partial charge in [0.2, 0.25) is 0 Å². The molecule has 9 aromatic rings. The second kappa shape index (κ2) is 10.4. The minimum atomic E-state index is -0.126. The number of rotatable bonds is 4. The van der Waals surface area contributed by atoms with E-state index in [1.807, 2.05) is 0 Å². The van der Waals surface area contributed by atoms with Crippen LogP contribution < -0.4 is 4.90 Å². The first-order valence-electron chi connectivity index (χ1n) is 17.0. The van der Waals surface area contributed by atoms with Gasteiger partial charge in [0.1, 0.15) is 5.58 Å². The number of fused-ring (bicyclic) bond motifs is 9. The van der Waals surface area contributed by atoms with E-state index in [4.69, 9.17) is 4.42 Å². The molecule has 232 valence electrons. The molecule has 0 radical (unpaired) electrons. The van der Waals surface area contributed by atoms with Crippen molar-refractivity contribution in [3.8, 4) is 22.3 Å². The predicted octanol–water partition coefficient (Wildman–Crippen LogP) is 13.3. The highest BCUT2D eigenvalue weighted by molar-refractivity contribution is 6.23. The fourth-order valence-electron chi connectivity index (χ4n) is 8.25. The van der Waals surface area contributed by atoms with Gasteiger partial charge in [0, 0.05) is 27.4 Å². The van der Waals surface area contributed by atoms with E-state index in [0.717, 1.165) is 39.0 Å². The summed E-state index contributed by atoms with van der Waals surface area (Å²) >= 11 is 0. The zero-order valence-corrected chi connectivity index (χ0v) is 27.4. The van der Waals surface area contributed by atoms with Crippen LogP contribution in [-0.2, 0) is 5.41 Å². The molecule has 0 fully saturated rings. The second-order valence-electron chi connectivity index (χ2n) is 13.7. The summed E-state index contributed by atoms with van der Waals surface area (Å²) in [5.74, 6) is 0. The molecule has 2 nitrogen and oxygen atoms in total. The van der Waals surface area contributed by atoms with Crippen LogP contribution in [-0.4, -0.2) is 0 Å². The first kappa shape index (κ1) is 27.9. The van der Waals surface area contributed by atoms with Gasteiger partial charge in [-0.25, -0.2) is 0 Å². The van der Waals surface area contributed by atoms with Crippen LogP contribution in [0.2, 0.25) is 0 Å². The lowest BCUT2D eigenvalue weighted by molar-refractivity contribution is 0.660. The number of benzene rings is 8. The number of para-hydroxylation sites is 1. The lowest BCUT2D eigenvalue weighted by Gasteiger charge is -2.29. The van der Waals surface area contributed by atoms with Crippen molar-refractivity contribution in [1.29, 1.82) is 0 Å². The van der Waals surface area contributed by atoms with E-state index in [2.05, 4.69) is 183 Å². The molecule has 0 amide bonds. The Balaban J connectivity index is 1.30. The number of nitrogens with zero attached hydrogens (tertiary/aromatic N) is 1. The van der Waals surface area contributed by atoms with Crippen LogP contribution in [0.25, 0.3) is 65.7 Å². The number of furan rings is 1. The molecule has 49 heavy (non-hydrogen) atoms. The van der Waals surface area contributed by atoms with Gasteiger partial charge >= 0.3 is 0 Å². The lowest BCUT2D eigenvalue weighted by Crippen LogP contribution is -2.16. The van der Waals surface area contributed by atoms with Gasteiger partial charge in [-0.3, -0.25) is 0 Å². The van der Waals surface area contributed by atoms with Crippen molar-refractivity contribution >= 4 is 60.5 Å². The minimum Gasteiger partial charge on any atom is -0.454 e. The lowest BCUT2D eigenvalue weighted by atomic mass is 9.82. The van der Waals surface area contributed by atoms with Crippen molar-refractivity contribution in [2.45, 2.75) is 19.3 Å². The van der Waals surface area contributed by atoms with Crippen LogP contribution in [0.1, 0.15) is 25.0 Å². The highest BCUT2D eigenvalue weighted by atomic mass is 16.3. The van der Waals surface area contributed by atoms with E-state index in [-0.39, 0.29) is 5.41 Å². The normalized spacial score (nSPS) is 13.3. The summed E-state index contributed by atoms with van der Waals surface area (Å²) < 4.78 is 6.87. The van der Waals surface area contributed by atoms with E-state index in [1.165, 1.54) is 54.9 Å². The van der Waals surface area contributed by atoms with Gasteiger partial charge in [-0.15, -0.1) is 0 Å². The summed E-state index contributed by atoms with van der Waals surface area (Å²) in [6.45, 7) is 4.69. The third-order valence-corrected chi connectivity index (χ3v) is 10.6. The Bertz CT molecular complexity index is 2770. The van der Waals surface area contributed by atoms with Crippen molar-refractivity contribution in [3.05, 3.63) is 175 Å². The second-order valence-corrected chi connectivity index (χ2v) is 13.7. The van der Waals surface area contributed by atoms with Crippen molar-refractivity contribution in [3.63, 3.8) is 0 Å². The van der Waals surface area contributed by atoms with E-state index in [9.17, 15) is 0 Å². The Labute approximate surface area is 285 Å². The van der Waals surface area contributed by atoms with Gasteiger partial charge in [-0.2, -0.15) is 0 Å². The molecule has 8 aromatic carbocycles. The molecule has 0 atom stereocenters. The summed E-state index contributed by atoms with van der Waals surface area (Å²) in [4.78, 5) is 2.44. The first-order chi connectivity index (χ1) is 24.1. The van der Waals surface area contributed by atoms with Gasteiger partial charge in [0.15, 0.2) is 5.58 Å². The highest BCUT2D eigenvalue weighted by Gasteiger charge is 2.38. The molecule has 0 N–H and O–H groups in total. The largest absolute Gasteiger partial charge is 0.454 e. The molecule has 0 saturated carbocycles. The summed E-state index contributed by atoms with van der Waals surface area (Å²) in [5, 5.41) is 7.13. The van der Waals surface area contributed by atoms with Crippen LogP contribution in [0.15, 0.2) is 168 Å². The Morgan fingerprint density at radius 1 is 0.490 bits per heavy atom. The average Bonchev–Trinajstić information content (AvgIpc) is 3.65. The van der Waals surface area contributed by atoms with Crippen molar-refractivity contribution in [2.24, 2.45) is 0 Å². The van der Waals surface area contributed by atoms with E-state index < -0.39 is 0 Å². The van der Waals surface area contributed by atoms with Gasteiger partial charge in [-0.05, 0) is 85.8 Å². The summed E-state index contributed by atoms with van der Waals surface area (Å²) in [6, 6.07) is 59.4. The highest BCUT2D eigenvalue weighted by Crippen LogP contribution is 2.55. The monoisotopic (exact) mass is 627 g/mol. The maximum atomic E-state index is 6.87. The molecule has 0 unspecified atom stereocenters. The molecule has 0 saturated heterocycles. The topological polar surface area (TPSA) is 16.4 Å². The van der Waals surface area contributed by atoms with Gasteiger partial charge in [-0.1, -0.05) is 141 Å². The smallest absolute Gasteiger partial charge is 0.160 e. The predicted molar refractivity (Wildman–Crippen MR) is 206 cm³/mol. The standard InChI is InChI=1S/C47H33NO/c1-47(2)39-21-9-7-19-37(39)45-40(47)22-12-23-41(45)48(35-17-11-16-32(28-35)33-26-25-30-13-3-4-14-31(30)27-33)42-29-34-15-5-6-18-36(34)44-38-20-8-10-24-43(38)49-46(42)44/h3-29H,1-2H3. The summed E-state index contributed by atoms with van der Waals surface area (Å²) in [6.07, 6.45) is 0. The van der Waals surface area contributed by atoms with Crippen molar-refractivity contribution in [1.82, 2.24) is 0 Å². The fourth-order valence-corrected chi connectivity index (χ4v) is 8.25. The molecular weight excluding hydrogens is 595 g/mol. The molecule has 0 bridgehead atoms. The van der Waals surface area contributed by atoms with Crippen LogP contribution in [0.5, 0.6) is 0 Å². The van der Waals surface area contributed by atoms with Crippen molar-refractivity contribution in [2.75, 3.05) is 4.90 Å². The number of hydrogen-bond donors (Lipinski definition) is 0.